The highest BCUT2D eigenvalue weighted by molar-refractivity contribution is 6.37. The number of hydrogen-bond acceptors (Lipinski definition) is 4. The van der Waals surface area contributed by atoms with Crippen LogP contribution in [0.1, 0.15) is 20.3 Å². The maximum Gasteiger partial charge on any atom is 0.339 e. The zero-order valence-corrected chi connectivity index (χ0v) is 15.2. The van der Waals surface area contributed by atoms with E-state index < -0.39 is 5.63 Å². The van der Waals surface area contributed by atoms with Crippen molar-refractivity contribution in [1.82, 2.24) is 0 Å². The molecular weight excluding hydrogens is 363 g/mol. The summed E-state index contributed by atoms with van der Waals surface area (Å²) in [6.45, 7) is 4.02. The van der Waals surface area contributed by atoms with E-state index in [4.69, 9.17) is 37.1 Å². The molecule has 0 aliphatic rings. The summed E-state index contributed by atoms with van der Waals surface area (Å²) < 4.78 is 16.9. The quantitative estimate of drug-likeness (QED) is 0.505. The molecule has 0 N–H and O–H groups in total. The van der Waals surface area contributed by atoms with Crippen LogP contribution in [0.15, 0.2) is 51.7 Å². The molecule has 3 rings (SSSR count). The fraction of sp³-hybridized carbons (Fsp3) is 0.211. The summed E-state index contributed by atoms with van der Waals surface area (Å²) in [5.41, 5.74) is -0.136. The van der Waals surface area contributed by atoms with Crippen LogP contribution in [0.5, 0.6) is 17.2 Å². The molecule has 0 saturated carbocycles. The van der Waals surface area contributed by atoms with Gasteiger partial charge in [-0.15, -0.1) is 0 Å². The fourth-order valence-electron chi connectivity index (χ4n) is 2.28. The van der Waals surface area contributed by atoms with Crippen LogP contribution < -0.4 is 15.1 Å². The van der Waals surface area contributed by atoms with Gasteiger partial charge in [0.2, 0.25) is 0 Å². The fourth-order valence-corrected chi connectivity index (χ4v) is 2.75. The van der Waals surface area contributed by atoms with Crippen LogP contribution in [0.3, 0.4) is 0 Å². The van der Waals surface area contributed by atoms with Crippen LogP contribution in [0.4, 0.5) is 0 Å². The minimum absolute atomic E-state index is 0.0653. The molecule has 3 aromatic rings. The summed E-state index contributed by atoms with van der Waals surface area (Å²) in [6.07, 6.45) is 0.941. The Hall–Kier alpha value is -2.17. The lowest BCUT2D eigenvalue weighted by atomic mass is 10.2. The van der Waals surface area contributed by atoms with E-state index in [1.165, 1.54) is 6.07 Å². The maximum absolute atomic E-state index is 11.8. The largest absolute Gasteiger partial charge is 0.491 e. The third-order valence-electron chi connectivity index (χ3n) is 3.72. The standard InChI is InChI=1S/C19H16Cl2O4/c1-3-11(2)23-12-7-8-16-13(9-12)17(10-18(22)24-16)25-19-14(20)5-4-6-15(19)21/h4-11H,3H2,1-2H3. The molecule has 1 unspecified atom stereocenters. The molecule has 1 heterocycles. The summed E-state index contributed by atoms with van der Waals surface area (Å²) in [4.78, 5) is 11.8. The van der Waals surface area contributed by atoms with Crippen molar-refractivity contribution in [3.8, 4) is 17.2 Å². The molecule has 25 heavy (non-hydrogen) atoms. The van der Waals surface area contributed by atoms with Crippen molar-refractivity contribution in [3.05, 3.63) is 62.9 Å². The first kappa shape index (κ1) is 17.6. The number of hydrogen-bond donors (Lipinski definition) is 0. The third-order valence-corrected chi connectivity index (χ3v) is 4.31. The van der Waals surface area contributed by atoms with E-state index in [2.05, 4.69) is 0 Å². The second kappa shape index (κ2) is 7.38. The summed E-state index contributed by atoms with van der Waals surface area (Å²) in [6, 6.07) is 11.5. The molecule has 0 aliphatic heterocycles. The topological polar surface area (TPSA) is 48.7 Å². The molecule has 6 heteroatoms. The van der Waals surface area contributed by atoms with Gasteiger partial charge in [0, 0.05) is 0 Å². The van der Waals surface area contributed by atoms with Crippen LogP contribution >= 0.6 is 23.2 Å². The monoisotopic (exact) mass is 378 g/mol. The number of halogens is 2. The van der Waals surface area contributed by atoms with Crippen LogP contribution in [-0.4, -0.2) is 6.10 Å². The number of benzene rings is 2. The molecule has 0 saturated heterocycles. The Bertz CT molecular complexity index is 945. The number of para-hydroxylation sites is 1. The lowest BCUT2D eigenvalue weighted by molar-refractivity contribution is 0.217. The van der Waals surface area contributed by atoms with Gasteiger partial charge in [0.1, 0.15) is 17.1 Å². The first-order valence-corrected chi connectivity index (χ1v) is 8.60. The van der Waals surface area contributed by atoms with Crippen LogP contribution in [0, 0.1) is 0 Å². The van der Waals surface area contributed by atoms with Crippen LogP contribution in [0.2, 0.25) is 10.0 Å². The van der Waals surface area contributed by atoms with Crippen LogP contribution in [0.25, 0.3) is 11.0 Å². The van der Waals surface area contributed by atoms with Gasteiger partial charge >= 0.3 is 5.63 Å². The molecule has 0 spiro atoms. The maximum atomic E-state index is 11.8. The smallest absolute Gasteiger partial charge is 0.339 e. The van der Waals surface area contributed by atoms with Gasteiger partial charge in [0.15, 0.2) is 5.75 Å². The summed E-state index contributed by atoms with van der Waals surface area (Å²) >= 11 is 12.3. The van der Waals surface area contributed by atoms with Gasteiger partial charge < -0.3 is 13.9 Å². The minimum Gasteiger partial charge on any atom is -0.491 e. The normalized spacial score (nSPS) is 12.2. The van der Waals surface area contributed by atoms with Crippen molar-refractivity contribution in [1.29, 1.82) is 0 Å². The first-order chi connectivity index (χ1) is 12.0. The Morgan fingerprint density at radius 2 is 1.84 bits per heavy atom. The van der Waals surface area contributed by atoms with E-state index in [1.807, 2.05) is 13.8 Å². The van der Waals surface area contributed by atoms with Gasteiger partial charge in [-0.25, -0.2) is 4.79 Å². The van der Waals surface area contributed by atoms with Gasteiger partial charge in [0.05, 0.1) is 27.6 Å². The zero-order valence-electron chi connectivity index (χ0n) is 13.7. The molecule has 130 valence electrons. The van der Waals surface area contributed by atoms with Crippen LogP contribution in [-0.2, 0) is 0 Å². The third kappa shape index (κ3) is 3.91. The number of fused-ring (bicyclic) bond motifs is 1. The molecular formula is C19H16Cl2O4. The molecule has 2 aromatic carbocycles. The molecule has 0 radical (unpaired) electrons. The van der Waals surface area contributed by atoms with E-state index in [1.54, 1.807) is 36.4 Å². The highest BCUT2D eigenvalue weighted by Gasteiger charge is 2.14. The van der Waals surface area contributed by atoms with E-state index >= 15 is 0 Å². The Kier molecular flexibility index (Phi) is 5.21. The highest BCUT2D eigenvalue weighted by Crippen LogP contribution is 2.38. The van der Waals surface area contributed by atoms with Crippen molar-refractivity contribution in [2.45, 2.75) is 26.4 Å². The Balaban J connectivity index is 2.09. The molecule has 1 atom stereocenters. The highest BCUT2D eigenvalue weighted by atomic mass is 35.5. The van der Waals surface area contributed by atoms with E-state index in [0.717, 1.165) is 6.42 Å². The van der Waals surface area contributed by atoms with E-state index in [9.17, 15) is 4.79 Å². The predicted molar refractivity (Wildman–Crippen MR) is 99.4 cm³/mol. The summed E-state index contributed by atoms with van der Waals surface area (Å²) in [7, 11) is 0. The van der Waals surface area contributed by atoms with Crippen molar-refractivity contribution < 1.29 is 13.9 Å². The Morgan fingerprint density at radius 3 is 2.52 bits per heavy atom. The SMILES string of the molecule is CCC(C)Oc1ccc2oc(=O)cc(Oc3c(Cl)cccc3Cl)c2c1. The predicted octanol–water partition coefficient (Wildman–Crippen LogP) is 6.07. The average Bonchev–Trinajstić information content (AvgIpc) is 2.58. The van der Waals surface area contributed by atoms with Gasteiger partial charge in [-0.3, -0.25) is 0 Å². The van der Waals surface area contributed by atoms with Gasteiger partial charge in [-0.1, -0.05) is 36.2 Å². The molecule has 0 amide bonds. The molecule has 4 nitrogen and oxygen atoms in total. The minimum atomic E-state index is -0.527. The molecule has 1 aromatic heterocycles. The Labute approximate surface area is 154 Å². The van der Waals surface area contributed by atoms with Crippen molar-refractivity contribution >= 4 is 34.2 Å². The van der Waals surface area contributed by atoms with Crippen molar-refractivity contribution in [2.75, 3.05) is 0 Å². The average molecular weight is 379 g/mol. The van der Waals surface area contributed by atoms with Gasteiger partial charge in [-0.05, 0) is 43.7 Å². The van der Waals surface area contributed by atoms with Gasteiger partial charge in [-0.2, -0.15) is 0 Å². The molecule has 0 aliphatic carbocycles. The number of ether oxygens (including phenoxy) is 2. The lowest BCUT2D eigenvalue weighted by Crippen LogP contribution is -2.09. The molecule has 0 bridgehead atoms. The summed E-state index contributed by atoms with van der Waals surface area (Å²) in [5, 5.41) is 1.29. The van der Waals surface area contributed by atoms with E-state index in [-0.39, 0.29) is 11.9 Å². The van der Waals surface area contributed by atoms with E-state index in [0.29, 0.717) is 32.5 Å². The second-order valence-corrected chi connectivity index (χ2v) is 6.39. The second-order valence-electron chi connectivity index (χ2n) is 5.58. The summed E-state index contributed by atoms with van der Waals surface area (Å²) in [5.74, 6) is 1.24. The van der Waals surface area contributed by atoms with Crippen molar-refractivity contribution in [3.63, 3.8) is 0 Å². The van der Waals surface area contributed by atoms with Crippen molar-refractivity contribution in [2.24, 2.45) is 0 Å². The lowest BCUT2D eigenvalue weighted by Gasteiger charge is -2.14. The molecule has 0 fully saturated rings. The van der Waals surface area contributed by atoms with Gasteiger partial charge in [0.25, 0.3) is 0 Å². The number of rotatable bonds is 5. The zero-order chi connectivity index (χ0) is 18.0. The Morgan fingerprint density at radius 1 is 1.12 bits per heavy atom. The first-order valence-electron chi connectivity index (χ1n) is 7.84.